The average molecular weight is 345 g/mol. The van der Waals surface area contributed by atoms with Gasteiger partial charge in [-0.05, 0) is 36.0 Å². The van der Waals surface area contributed by atoms with Crippen LogP contribution in [0.5, 0.6) is 0 Å². The summed E-state index contributed by atoms with van der Waals surface area (Å²) in [6.07, 6.45) is 0.428. The maximum atomic E-state index is 12.5. The van der Waals surface area contributed by atoms with Gasteiger partial charge in [-0.1, -0.05) is 39.0 Å². The Kier molecular flexibility index (Phi) is 6.09. The molecule has 1 heterocycles. The largest absolute Gasteiger partial charge is 0.339 e. The summed E-state index contributed by atoms with van der Waals surface area (Å²) in [5, 5.41) is 2.97. The zero-order valence-electron chi connectivity index (χ0n) is 16.2. The maximum absolute atomic E-state index is 12.5. The second-order valence-corrected chi connectivity index (χ2v) is 8.18. The Hall–Kier alpha value is -2.04. The third-order valence-corrected chi connectivity index (χ3v) is 4.62. The number of carbonyl (C=O) groups excluding carboxylic acids is 2. The molecular weight excluding hydrogens is 314 g/mol. The van der Waals surface area contributed by atoms with E-state index >= 15 is 0 Å². The standard InChI is InChI=1S/C20H31N3O2/c1-15-6-7-17(12-16(15)2)13-18(24)22-8-10-23(11-9-22)19(25)21-14-20(3,4)5/h6-7,12H,8-11,13-14H2,1-5H3,(H,21,25). The van der Waals surface area contributed by atoms with E-state index < -0.39 is 0 Å². The average Bonchev–Trinajstić information content (AvgIpc) is 2.55. The van der Waals surface area contributed by atoms with Gasteiger partial charge in [-0.2, -0.15) is 0 Å². The highest BCUT2D eigenvalue weighted by molar-refractivity contribution is 5.79. The highest BCUT2D eigenvalue weighted by atomic mass is 16.2. The molecule has 0 radical (unpaired) electrons. The SMILES string of the molecule is Cc1ccc(CC(=O)N2CCN(C(=O)NCC(C)(C)C)CC2)cc1C. The van der Waals surface area contributed by atoms with E-state index in [1.54, 1.807) is 4.90 Å². The first kappa shape index (κ1) is 19.3. The molecule has 3 amide bonds. The normalized spacial score (nSPS) is 15.2. The smallest absolute Gasteiger partial charge is 0.317 e. The molecular formula is C20H31N3O2. The molecule has 0 atom stereocenters. The van der Waals surface area contributed by atoms with Crippen LogP contribution in [0.1, 0.15) is 37.5 Å². The van der Waals surface area contributed by atoms with Crippen LogP contribution in [-0.4, -0.2) is 54.5 Å². The van der Waals surface area contributed by atoms with Crippen molar-refractivity contribution in [2.24, 2.45) is 5.41 Å². The van der Waals surface area contributed by atoms with Crippen LogP contribution >= 0.6 is 0 Å². The first-order valence-corrected chi connectivity index (χ1v) is 9.02. The highest BCUT2D eigenvalue weighted by Gasteiger charge is 2.24. The summed E-state index contributed by atoms with van der Waals surface area (Å²) in [5.41, 5.74) is 3.58. The summed E-state index contributed by atoms with van der Waals surface area (Å²) >= 11 is 0. The van der Waals surface area contributed by atoms with Crippen molar-refractivity contribution in [1.29, 1.82) is 0 Å². The topological polar surface area (TPSA) is 52.7 Å². The van der Waals surface area contributed by atoms with Gasteiger partial charge < -0.3 is 15.1 Å². The molecule has 1 N–H and O–H groups in total. The summed E-state index contributed by atoms with van der Waals surface area (Å²) in [6.45, 7) is 13.5. The molecule has 1 fully saturated rings. The van der Waals surface area contributed by atoms with Crippen molar-refractivity contribution >= 4 is 11.9 Å². The van der Waals surface area contributed by atoms with E-state index in [9.17, 15) is 9.59 Å². The van der Waals surface area contributed by atoms with Gasteiger partial charge in [0.05, 0.1) is 6.42 Å². The first-order chi connectivity index (χ1) is 11.7. The number of rotatable bonds is 3. The number of amides is 3. The minimum absolute atomic E-state index is 0.0313. The van der Waals surface area contributed by atoms with E-state index in [1.807, 2.05) is 11.0 Å². The summed E-state index contributed by atoms with van der Waals surface area (Å²) in [5.74, 6) is 0.137. The lowest BCUT2D eigenvalue weighted by molar-refractivity contribution is -0.131. The molecule has 0 unspecified atom stereocenters. The van der Waals surface area contributed by atoms with Crippen molar-refractivity contribution in [1.82, 2.24) is 15.1 Å². The van der Waals surface area contributed by atoms with Crippen LogP contribution in [0.25, 0.3) is 0 Å². The summed E-state index contributed by atoms with van der Waals surface area (Å²) in [7, 11) is 0. The van der Waals surface area contributed by atoms with E-state index in [2.05, 4.69) is 52.1 Å². The van der Waals surface area contributed by atoms with Crippen LogP contribution in [0, 0.1) is 19.3 Å². The summed E-state index contributed by atoms with van der Waals surface area (Å²) in [4.78, 5) is 28.4. The molecule has 1 aromatic carbocycles. The number of carbonyl (C=O) groups is 2. The highest BCUT2D eigenvalue weighted by Crippen LogP contribution is 2.13. The lowest BCUT2D eigenvalue weighted by atomic mass is 9.97. The third-order valence-electron chi connectivity index (χ3n) is 4.62. The molecule has 2 rings (SSSR count). The van der Waals surface area contributed by atoms with E-state index in [1.165, 1.54) is 11.1 Å². The van der Waals surface area contributed by atoms with E-state index in [-0.39, 0.29) is 17.4 Å². The van der Waals surface area contributed by atoms with Gasteiger partial charge in [0.25, 0.3) is 0 Å². The fourth-order valence-electron chi connectivity index (χ4n) is 2.81. The number of nitrogens with one attached hydrogen (secondary N) is 1. The fourth-order valence-corrected chi connectivity index (χ4v) is 2.81. The molecule has 0 saturated carbocycles. The van der Waals surface area contributed by atoms with Crippen molar-refractivity contribution in [3.63, 3.8) is 0 Å². The molecule has 0 aliphatic carbocycles. The van der Waals surface area contributed by atoms with Crippen LogP contribution in [0.3, 0.4) is 0 Å². The van der Waals surface area contributed by atoms with Gasteiger partial charge in [0.2, 0.25) is 5.91 Å². The Morgan fingerprint density at radius 1 is 1.00 bits per heavy atom. The van der Waals surface area contributed by atoms with Crippen molar-refractivity contribution < 1.29 is 9.59 Å². The van der Waals surface area contributed by atoms with E-state index in [0.29, 0.717) is 39.1 Å². The molecule has 138 valence electrons. The number of nitrogens with zero attached hydrogens (tertiary/aromatic N) is 2. The first-order valence-electron chi connectivity index (χ1n) is 9.02. The second-order valence-electron chi connectivity index (χ2n) is 8.18. The Morgan fingerprint density at radius 2 is 1.60 bits per heavy atom. The fraction of sp³-hybridized carbons (Fsp3) is 0.600. The molecule has 5 nitrogen and oxygen atoms in total. The minimum atomic E-state index is -0.0313. The van der Waals surface area contributed by atoms with Gasteiger partial charge in [0.1, 0.15) is 0 Å². The van der Waals surface area contributed by atoms with Gasteiger partial charge in [-0.3, -0.25) is 4.79 Å². The molecule has 1 saturated heterocycles. The van der Waals surface area contributed by atoms with Crippen LogP contribution in [-0.2, 0) is 11.2 Å². The van der Waals surface area contributed by atoms with Crippen LogP contribution in [0.2, 0.25) is 0 Å². The van der Waals surface area contributed by atoms with Crippen LogP contribution in [0.15, 0.2) is 18.2 Å². The number of aryl methyl sites for hydroxylation is 2. The molecule has 1 aromatic rings. The van der Waals surface area contributed by atoms with E-state index in [4.69, 9.17) is 0 Å². The Labute approximate surface area is 151 Å². The summed E-state index contributed by atoms with van der Waals surface area (Å²) < 4.78 is 0. The lowest BCUT2D eigenvalue weighted by Gasteiger charge is -2.35. The molecule has 1 aliphatic heterocycles. The Bertz CT molecular complexity index is 626. The molecule has 1 aliphatic rings. The predicted molar refractivity (Wildman–Crippen MR) is 101 cm³/mol. The second kappa shape index (κ2) is 7.89. The Balaban J connectivity index is 1.81. The van der Waals surface area contributed by atoms with Crippen LogP contribution in [0.4, 0.5) is 4.79 Å². The molecule has 0 spiro atoms. The zero-order valence-corrected chi connectivity index (χ0v) is 16.2. The number of piperazine rings is 1. The van der Waals surface area contributed by atoms with Gasteiger partial charge >= 0.3 is 6.03 Å². The van der Waals surface area contributed by atoms with Crippen LogP contribution < -0.4 is 5.32 Å². The molecule has 0 aromatic heterocycles. The van der Waals surface area contributed by atoms with Gasteiger partial charge in [-0.15, -0.1) is 0 Å². The number of benzene rings is 1. The summed E-state index contributed by atoms with van der Waals surface area (Å²) in [6, 6.07) is 6.14. The van der Waals surface area contributed by atoms with Gasteiger partial charge in [-0.25, -0.2) is 4.79 Å². The minimum Gasteiger partial charge on any atom is -0.339 e. The molecule has 0 bridgehead atoms. The Morgan fingerprint density at radius 3 is 2.16 bits per heavy atom. The maximum Gasteiger partial charge on any atom is 0.317 e. The number of hydrogen-bond donors (Lipinski definition) is 1. The monoisotopic (exact) mass is 345 g/mol. The van der Waals surface area contributed by atoms with Crippen molar-refractivity contribution in [2.45, 2.75) is 41.0 Å². The number of hydrogen-bond acceptors (Lipinski definition) is 2. The van der Waals surface area contributed by atoms with Gasteiger partial charge in [0.15, 0.2) is 0 Å². The molecule has 25 heavy (non-hydrogen) atoms. The molecule has 5 heteroatoms. The van der Waals surface area contributed by atoms with Crippen molar-refractivity contribution in [3.8, 4) is 0 Å². The lowest BCUT2D eigenvalue weighted by Crippen LogP contribution is -2.54. The van der Waals surface area contributed by atoms with Crippen molar-refractivity contribution in [3.05, 3.63) is 34.9 Å². The zero-order chi connectivity index (χ0) is 18.6. The number of urea groups is 1. The quantitative estimate of drug-likeness (QED) is 0.916. The van der Waals surface area contributed by atoms with Crippen molar-refractivity contribution in [2.75, 3.05) is 32.7 Å². The predicted octanol–water partition coefficient (Wildman–Crippen LogP) is 2.75. The van der Waals surface area contributed by atoms with Gasteiger partial charge in [0, 0.05) is 32.7 Å². The van der Waals surface area contributed by atoms with E-state index in [0.717, 1.165) is 5.56 Å². The third kappa shape index (κ3) is 5.76.